The zero-order valence-electron chi connectivity index (χ0n) is 16.1. The fourth-order valence-corrected chi connectivity index (χ4v) is 5.09. The number of halogens is 2. The van der Waals surface area contributed by atoms with Crippen molar-refractivity contribution in [3.05, 3.63) is 34.3 Å². The minimum atomic E-state index is -0.475. The van der Waals surface area contributed by atoms with Crippen LogP contribution in [0.1, 0.15) is 68.3 Å². The third-order valence-corrected chi connectivity index (χ3v) is 6.50. The number of aliphatic hydroxyl groups is 1. The van der Waals surface area contributed by atoms with E-state index in [1.54, 1.807) is 6.07 Å². The van der Waals surface area contributed by atoms with Crippen LogP contribution in [0.3, 0.4) is 0 Å². The fraction of sp³-hybridized carbons (Fsp3) is 0.682. The number of hydrogen-bond donors (Lipinski definition) is 3. The van der Waals surface area contributed by atoms with E-state index < -0.39 is 6.10 Å². The molecular formula is C22H36Cl2N2O2. The van der Waals surface area contributed by atoms with Crippen molar-refractivity contribution in [2.45, 2.75) is 64.9 Å². The Kier molecular flexibility index (Phi) is 10.3. The molecule has 3 rings (SSSR count). The van der Waals surface area contributed by atoms with Crippen LogP contribution in [-0.4, -0.2) is 37.3 Å². The maximum Gasteiger partial charge on any atom is 0.252 e. The summed E-state index contributed by atoms with van der Waals surface area (Å²) < 4.78 is 0. The maximum absolute atomic E-state index is 12.8. The van der Waals surface area contributed by atoms with Gasteiger partial charge >= 0.3 is 0 Å². The molecule has 4 nitrogen and oxygen atoms in total. The first-order chi connectivity index (χ1) is 12.5. The molecule has 0 aromatic heterocycles. The molecule has 160 valence electrons. The summed E-state index contributed by atoms with van der Waals surface area (Å²) in [5.41, 5.74) is 1.74. The van der Waals surface area contributed by atoms with Gasteiger partial charge in [0, 0.05) is 13.1 Å². The molecule has 2 aliphatic carbocycles. The second-order valence-corrected chi connectivity index (χ2v) is 8.67. The van der Waals surface area contributed by atoms with Crippen molar-refractivity contribution in [2.75, 3.05) is 20.1 Å². The van der Waals surface area contributed by atoms with Gasteiger partial charge in [0.05, 0.1) is 16.7 Å². The van der Waals surface area contributed by atoms with E-state index in [2.05, 4.69) is 10.6 Å². The number of carbonyl (C=O) groups excluding carboxylic acids is 1. The third-order valence-electron chi connectivity index (χ3n) is 6.17. The van der Waals surface area contributed by atoms with E-state index in [1.807, 2.05) is 19.2 Å². The number of rotatable bonds is 7. The van der Waals surface area contributed by atoms with Crippen LogP contribution in [0.15, 0.2) is 18.2 Å². The predicted octanol–water partition coefficient (Wildman–Crippen LogP) is 4.61. The molecule has 0 aliphatic heterocycles. The predicted molar refractivity (Wildman–Crippen MR) is 120 cm³/mol. The number of amides is 1. The molecule has 28 heavy (non-hydrogen) atoms. The Morgan fingerprint density at radius 3 is 2.64 bits per heavy atom. The summed E-state index contributed by atoms with van der Waals surface area (Å²) in [6.45, 7) is 1.28. The average molecular weight is 431 g/mol. The number of hydrogen-bond acceptors (Lipinski definition) is 3. The lowest BCUT2D eigenvalue weighted by atomic mass is 9.62. The Morgan fingerprint density at radius 2 is 2.00 bits per heavy atom. The molecule has 0 spiro atoms. The van der Waals surface area contributed by atoms with Crippen LogP contribution in [0.5, 0.6) is 0 Å². The molecule has 1 aromatic rings. The van der Waals surface area contributed by atoms with Gasteiger partial charge in [0.15, 0.2) is 0 Å². The summed E-state index contributed by atoms with van der Waals surface area (Å²) in [7, 11) is 1.81. The Morgan fingerprint density at radius 1 is 1.32 bits per heavy atom. The maximum atomic E-state index is 12.8. The smallest absolute Gasteiger partial charge is 0.252 e. The van der Waals surface area contributed by atoms with Gasteiger partial charge in [-0.05, 0) is 61.8 Å². The number of fused-ring (bicyclic) bond motifs is 2. The van der Waals surface area contributed by atoms with Crippen molar-refractivity contribution in [3.63, 3.8) is 0 Å². The fourth-order valence-electron chi connectivity index (χ4n) is 4.89. The van der Waals surface area contributed by atoms with Crippen LogP contribution in [0.4, 0.5) is 0 Å². The lowest BCUT2D eigenvalue weighted by Gasteiger charge is -2.45. The highest BCUT2D eigenvalue weighted by Gasteiger charge is 2.39. The summed E-state index contributed by atoms with van der Waals surface area (Å²) >= 11 is 6.28. The zero-order valence-corrected chi connectivity index (χ0v) is 17.7. The molecule has 0 radical (unpaired) electrons. The van der Waals surface area contributed by atoms with Gasteiger partial charge in [-0.3, -0.25) is 4.79 Å². The molecule has 6 heteroatoms. The molecule has 2 bridgehead atoms. The summed E-state index contributed by atoms with van der Waals surface area (Å²) in [6, 6.07) is 5.45. The molecule has 2 saturated carbocycles. The number of benzene rings is 1. The first-order valence-corrected chi connectivity index (χ1v) is 10.3. The van der Waals surface area contributed by atoms with Crippen LogP contribution in [0.25, 0.3) is 0 Å². The minimum Gasteiger partial charge on any atom is -0.391 e. The van der Waals surface area contributed by atoms with E-state index in [0.29, 0.717) is 29.0 Å². The summed E-state index contributed by atoms with van der Waals surface area (Å²) in [6.07, 6.45) is 9.05. The van der Waals surface area contributed by atoms with Crippen molar-refractivity contribution >= 4 is 29.9 Å². The first kappa shape index (κ1) is 25.2. The number of carbonyl (C=O) groups is 1. The van der Waals surface area contributed by atoms with Gasteiger partial charge in [-0.25, -0.2) is 0 Å². The van der Waals surface area contributed by atoms with Gasteiger partial charge in [0.25, 0.3) is 5.91 Å². The number of aliphatic hydroxyl groups excluding tert-OH is 1. The van der Waals surface area contributed by atoms with Gasteiger partial charge in [-0.15, -0.1) is 12.4 Å². The minimum absolute atomic E-state index is 0. The largest absolute Gasteiger partial charge is 0.391 e. The van der Waals surface area contributed by atoms with Crippen molar-refractivity contribution in [3.8, 4) is 0 Å². The quantitative estimate of drug-likeness (QED) is 0.591. The Labute approximate surface area is 181 Å². The molecule has 0 unspecified atom stereocenters. The lowest BCUT2D eigenvalue weighted by molar-refractivity contribution is 0.0681. The van der Waals surface area contributed by atoms with E-state index >= 15 is 0 Å². The third kappa shape index (κ3) is 6.35. The first-order valence-electron chi connectivity index (χ1n) is 9.91. The highest BCUT2D eigenvalue weighted by molar-refractivity contribution is 6.33. The van der Waals surface area contributed by atoms with Crippen LogP contribution >= 0.6 is 24.0 Å². The molecule has 3 N–H and O–H groups in total. The second kappa shape index (κ2) is 11.4. The Hall–Kier alpha value is -0.810. The van der Waals surface area contributed by atoms with Gasteiger partial charge < -0.3 is 15.7 Å². The van der Waals surface area contributed by atoms with E-state index in [9.17, 15) is 9.90 Å². The highest BCUT2D eigenvalue weighted by atomic mass is 35.5. The van der Waals surface area contributed by atoms with Crippen LogP contribution < -0.4 is 10.6 Å². The van der Waals surface area contributed by atoms with E-state index in [0.717, 1.165) is 18.0 Å². The van der Waals surface area contributed by atoms with Crippen molar-refractivity contribution < 1.29 is 9.90 Å². The van der Waals surface area contributed by atoms with Crippen LogP contribution in [-0.2, 0) is 6.42 Å². The van der Waals surface area contributed by atoms with E-state index in [4.69, 9.17) is 11.6 Å². The Bertz CT molecular complexity index is 629. The van der Waals surface area contributed by atoms with Gasteiger partial charge in [-0.1, -0.05) is 50.8 Å². The molecule has 2 aliphatic rings. The molecule has 1 amide bonds. The van der Waals surface area contributed by atoms with Crippen LogP contribution in [0.2, 0.25) is 5.02 Å². The van der Waals surface area contributed by atoms with E-state index in [-0.39, 0.29) is 25.7 Å². The standard InChI is InChI=1S/C21H31ClN2O2.CH4.ClH/c1-23-13-17(25)10-16-6-7-19(22)18(11-16)20(26)24-14-21-8-2-4-15(12-21)5-3-9-21;;/h6-7,11,15,17,23,25H,2-5,8-10,12-14H2,1H3,(H,24,26);1H4;1H/t15?,17-,21?;;/m0../s1. The van der Waals surface area contributed by atoms with E-state index in [1.165, 1.54) is 44.9 Å². The lowest BCUT2D eigenvalue weighted by Crippen LogP contribution is -2.43. The SMILES string of the molecule is C.CNC[C@@H](O)Cc1ccc(Cl)c(C(=O)NCC23CCCC(CCC2)C3)c1.Cl. The summed E-state index contributed by atoms with van der Waals surface area (Å²) in [4.78, 5) is 12.8. The molecule has 2 fully saturated rings. The van der Waals surface area contributed by atoms with Crippen molar-refractivity contribution in [2.24, 2.45) is 11.3 Å². The van der Waals surface area contributed by atoms with Gasteiger partial charge in [0.1, 0.15) is 0 Å². The van der Waals surface area contributed by atoms with Crippen molar-refractivity contribution in [1.82, 2.24) is 10.6 Å². The normalized spacial score (nSPS) is 24.5. The topological polar surface area (TPSA) is 61.4 Å². The van der Waals surface area contributed by atoms with Gasteiger partial charge in [0.2, 0.25) is 0 Å². The number of likely N-dealkylation sites (N-methyl/N-ethyl adjacent to an activating group) is 1. The van der Waals surface area contributed by atoms with Crippen LogP contribution in [0, 0.1) is 11.3 Å². The highest BCUT2D eigenvalue weighted by Crippen LogP contribution is 2.48. The molecule has 0 heterocycles. The summed E-state index contributed by atoms with van der Waals surface area (Å²) in [5, 5.41) is 16.6. The van der Waals surface area contributed by atoms with Crippen molar-refractivity contribution in [1.29, 1.82) is 0 Å². The monoisotopic (exact) mass is 430 g/mol. The molecular weight excluding hydrogens is 395 g/mol. The number of nitrogens with one attached hydrogen (secondary N) is 2. The van der Waals surface area contributed by atoms with Gasteiger partial charge in [-0.2, -0.15) is 0 Å². The molecule has 0 saturated heterocycles. The molecule has 1 atom stereocenters. The Balaban J connectivity index is 0.00000196. The zero-order chi connectivity index (χ0) is 18.6. The summed E-state index contributed by atoms with van der Waals surface area (Å²) in [5.74, 6) is 0.761. The molecule has 1 aromatic carbocycles. The second-order valence-electron chi connectivity index (χ2n) is 8.27. The average Bonchev–Trinajstić information content (AvgIpc) is 2.62.